The summed E-state index contributed by atoms with van der Waals surface area (Å²) in [5.74, 6) is -0.251. The Morgan fingerprint density at radius 2 is 1.74 bits per heavy atom. The van der Waals surface area contributed by atoms with Crippen molar-refractivity contribution in [3.05, 3.63) is 106 Å². The fourth-order valence-corrected chi connectivity index (χ4v) is 7.58. The Hall–Kier alpha value is -2.91. The predicted octanol–water partition coefficient (Wildman–Crippen LogP) is 6.96. The molecule has 1 N–H and O–H groups in total. The van der Waals surface area contributed by atoms with Gasteiger partial charge in [-0.1, -0.05) is 77.7 Å². The van der Waals surface area contributed by atoms with Gasteiger partial charge in [-0.2, -0.15) is 13.0 Å². The van der Waals surface area contributed by atoms with Crippen LogP contribution in [0.3, 0.4) is 0 Å². The summed E-state index contributed by atoms with van der Waals surface area (Å²) in [7, 11) is -4.00. The molecule has 5 rings (SSSR count). The third-order valence-corrected chi connectivity index (χ3v) is 9.57. The molecule has 1 aliphatic heterocycles. The van der Waals surface area contributed by atoms with E-state index in [0.29, 0.717) is 13.0 Å². The number of benzene rings is 3. The first-order valence-corrected chi connectivity index (χ1v) is 16.0. The molecule has 0 amide bonds. The van der Waals surface area contributed by atoms with E-state index in [1.165, 1.54) is 26.7 Å². The highest BCUT2D eigenvalue weighted by molar-refractivity contribution is 8.03. The second-order valence-electron chi connectivity index (χ2n) is 9.20. The van der Waals surface area contributed by atoms with E-state index in [9.17, 15) is 13.0 Å². The Balaban J connectivity index is 1.54. The SMILES string of the molecule is CCN1C(=CC(=Cc2sc3ccccc3[n+]2CCCS(=O)(=O)O)CCc2ccccc2)Sc2ccccc21. The molecule has 196 valence electrons. The van der Waals surface area contributed by atoms with Crippen molar-refractivity contribution in [2.45, 2.75) is 37.6 Å². The lowest BCUT2D eigenvalue weighted by Crippen LogP contribution is -2.36. The maximum atomic E-state index is 11.4. The molecule has 0 radical (unpaired) electrons. The van der Waals surface area contributed by atoms with Crippen LogP contribution < -0.4 is 9.47 Å². The third kappa shape index (κ3) is 6.38. The fourth-order valence-electron chi connectivity index (χ4n) is 4.72. The highest BCUT2D eigenvalue weighted by atomic mass is 32.2. The zero-order valence-electron chi connectivity index (χ0n) is 21.3. The monoisotopic (exact) mass is 563 g/mol. The Labute approximate surface area is 232 Å². The molecule has 38 heavy (non-hydrogen) atoms. The third-order valence-electron chi connectivity index (χ3n) is 6.54. The van der Waals surface area contributed by atoms with Crippen molar-refractivity contribution in [2.75, 3.05) is 17.2 Å². The predicted molar refractivity (Wildman–Crippen MR) is 159 cm³/mol. The Morgan fingerprint density at radius 1 is 1.00 bits per heavy atom. The number of thioether (sulfide) groups is 1. The summed E-state index contributed by atoms with van der Waals surface area (Å²) in [6.45, 7) is 3.58. The molecule has 1 aromatic heterocycles. The number of rotatable bonds is 10. The lowest BCUT2D eigenvalue weighted by atomic mass is 10.0. The van der Waals surface area contributed by atoms with E-state index in [0.717, 1.165) is 34.6 Å². The number of hydrogen-bond donors (Lipinski definition) is 1. The standard InChI is InChI=1S/C30H30N2O3S3/c1-2-31-25-13-6-8-15-27(25)36-29(31)21-24(18-17-23-11-4-3-5-12-23)22-30-32(19-10-20-38(33,34)35)26-14-7-9-16-28(26)37-30/h3-9,11-16,21-22H,2,10,17-20H2,1H3/p+1. The smallest absolute Gasteiger partial charge is 0.265 e. The molecule has 1 aliphatic rings. The normalized spacial score (nSPS) is 14.9. The number of aromatic nitrogens is 1. The number of para-hydroxylation sites is 2. The second kappa shape index (κ2) is 11.9. The Kier molecular flexibility index (Phi) is 8.33. The molecule has 0 aliphatic carbocycles. The average Bonchev–Trinajstić information content (AvgIpc) is 3.44. The number of aryl methyl sites for hydroxylation is 2. The van der Waals surface area contributed by atoms with E-state index < -0.39 is 10.1 Å². The van der Waals surface area contributed by atoms with Gasteiger partial charge in [-0.15, -0.1) is 0 Å². The van der Waals surface area contributed by atoms with E-state index in [1.807, 2.05) is 18.2 Å². The van der Waals surface area contributed by atoms with Gasteiger partial charge in [0, 0.05) is 30.0 Å². The Bertz CT molecular complexity index is 1590. The van der Waals surface area contributed by atoms with Crippen LogP contribution >= 0.6 is 23.1 Å². The molecule has 0 bridgehead atoms. The molecule has 4 aromatic rings. The van der Waals surface area contributed by atoms with Gasteiger partial charge in [0.15, 0.2) is 6.54 Å². The maximum Gasteiger partial charge on any atom is 0.265 e. The highest BCUT2D eigenvalue weighted by Gasteiger charge is 2.24. The fraction of sp³-hybridized carbons (Fsp3) is 0.233. The summed E-state index contributed by atoms with van der Waals surface area (Å²) in [5, 5.41) is 2.29. The van der Waals surface area contributed by atoms with Crippen molar-refractivity contribution in [3.63, 3.8) is 0 Å². The number of anilines is 1. The molecular weight excluding hydrogens is 533 g/mol. The van der Waals surface area contributed by atoms with Crippen LogP contribution in [0.25, 0.3) is 16.3 Å². The van der Waals surface area contributed by atoms with Crippen molar-refractivity contribution in [3.8, 4) is 0 Å². The summed E-state index contributed by atoms with van der Waals surface area (Å²) in [6.07, 6.45) is 6.71. The van der Waals surface area contributed by atoms with Gasteiger partial charge in [0.2, 0.25) is 5.52 Å². The minimum Gasteiger partial charge on any atom is -0.335 e. The van der Waals surface area contributed by atoms with Crippen LogP contribution in [0.4, 0.5) is 5.69 Å². The first-order valence-electron chi connectivity index (χ1n) is 12.8. The average molecular weight is 564 g/mol. The molecule has 5 nitrogen and oxygen atoms in total. The van der Waals surface area contributed by atoms with Gasteiger partial charge in [-0.05, 0) is 55.2 Å². The van der Waals surface area contributed by atoms with E-state index in [-0.39, 0.29) is 5.75 Å². The molecule has 0 saturated carbocycles. The number of allylic oxidation sites excluding steroid dienone is 2. The van der Waals surface area contributed by atoms with Gasteiger partial charge in [-0.25, -0.2) is 0 Å². The topological polar surface area (TPSA) is 61.5 Å². The van der Waals surface area contributed by atoms with E-state index in [2.05, 4.69) is 89.2 Å². The van der Waals surface area contributed by atoms with Crippen LogP contribution in [-0.4, -0.2) is 25.3 Å². The second-order valence-corrected chi connectivity index (χ2v) is 12.9. The van der Waals surface area contributed by atoms with Crippen LogP contribution in [0.15, 0.2) is 100 Å². The van der Waals surface area contributed by atoms with Gasteiger partial charge in [-0.3, -0.25) is 4.55 Å². The van der Waals surface area contributed by atoms with Crippen molar-refractivity contribution in [1.82, 2.24) is 0 Å². The van der Waals surface area contributed by atoms with Gasteiger partial charge in [0.25, 0.3) is 15.1 Å². The summed E-state index contributed by atoms with van der Waals surface area (Å²) in [5.41, 5.74) is 4.84. The molecule has 0 spiro atoms. The van der Waals surface area contributed by atoms with Crippen LogP contribution in [0.5, 0.6) is 0 Å². The zero-order valence-corrected chi connectivity index (χ0v) is 23.7. The van der Waals surface area contributed by atoms with Crippen LogP contribution in [0, 0.1) is 0 Å². The summed E-state index contributed by atoms with van der Waals surface area (Å²) in [4.78, 5) is 3.63. The maximum absolute atomic E-state index is 11.4. The molecule has 3 aromatic carbocycles. The first kappa shape index (κ1) is 26.7. The van der Waals surface area contributed by atoms with Crippen molar-refractivity contribution in [2.24, 2.45) is 0 Å². The minimum atomic E-state index is -4.00. The minimum absolute atomic E-state index is 0.251. The highest BCUT2D eigenvalue weighted by Crippen LogP contribution is 2.46. The quantitative estimate of drug-likeness (QED) is 0.167. The van der Waals surface area contributed by atoms with Gasteiger partial charge in [0.05, 0.1) is 16.5 Å². The van der Waals surface area contributed by atoms with Crippen molar-refractivity contribution < 1.29 is 17.5 Å². The number of hydrogen-bond acceptors (Lipinski definition) is 5. The summed E-state index contributed by atoms with van der Waals surface area (Å²) < 4.78 is 35.4. The number of fused-ring (bicyclic) bond motifs is 2. The lowest BCUT2D eigenvalue weighted by molar-refractivity contribution is -0.668. The molecule has 0 atom stereocenters. The van der Waals surface area contributed by atoms with Crippen LogP contribution in [-0.2, 0) is 23.1 Å². The molecule has 0 unspecified atom stereocenters. The number of thiazole rings is 1. The van der Waals surface area contributed by atoms with Crippen molar-refractivity contribution in [1.29, 1.82) is 0 Å². The molecule has 2 heterocycles. The molecule has 0 fully saturated rings. The van der Waals surface area contributed by atoms with Gasteiger partial charge in [0.1, 0.15) is 4.70 Å². The largest absolute Gasteiger partial charge is 0.335 e. The van der Waals surface area contributed by atoms with Gasteiger partial charge < -0.3 is 4.90 Å². The van der Waals surface area contributed by atoms with Crippen LogP contribution in [0.1, 0.15) is 30.3 Å². The van der Waals surface area contributed by atoms with Crippen LogP contribution in [0.2, 0.25) is 0 Å². The number of nitrogens with zero attached hydrogens (tertiary/aromatic N) is 2. The van der Waals surface area contributed by atoms with E-state index in [4.69, 9.17) is 0 Å². The summed E-state index contributed by atoms with van der Waals surface area (Å²) in [6, 6.07) is 27.2. The van der Waals surface area contributed by atoms with Crippen molar-refractivity contribution >= 4 is 55.2 Å². The first-order chi connectivity index (χ1) is 18.4. The van der Waals surface area contributed by atoms with E-state index >= 15 is 0 Å². The summed E-state index contributed by atoms with van der Waals surface area (Å²) >= 11 is 3.51. The lowest BCUT2D eigenvalue weighted by Gasteiger charge is -2.18. The molecular formula is C30H31N2O3S3+. The Morgan fingerprint density at radius 3 is 2.53 bits per heavy atom. The molecule has 8 heteroatoms. The van der Waals surface area contributed by atoms with E-state index in [1.54, 1.807) is 23.1 Å². The van der Waals surface area contributed by atoms with Gasteiger partial charge >= 0.3 is 0 Å². The zero-order chi connectivity index (χ0) is 26.5. The molecule has 0 saturated heterocycles.